The fourth-order valence-electron chi connectivity index (χ4n) is 3.65. The van der Waals surface area contributed by atoms with Crippen molar-refractivity contribution in [3.8, 4) is 17.1 Å². The van der Waals surface area contributed by atoms with E-state index in [1.165, 1.54) is 35.7 Å². The summed E-state index contributed by atoms with van der Waals surface area (Å²) in [5.74, 6) is 0.526. The van der Waals surface area contributed by atoms with Crippen LogP contribution in [-0.2, 0) is 26.0 Å². The molecule has 1 saturated heterocycles. The molecule has 0 unspecified atom stereocenters. The van der Waals surface area contributed by atoms with Gasteiger partial charge in [-0.15, -0.1) is 0 Å². The van der Waals surface area contributed by atoms with Crippen LogP contribution in [-0.4, -0.2) is 52.0 Å². The number of nitrogens with zero attached hydrogens (tertiary/aromatic N) is 1. The summed E-state index contributed by atoms with van der Waals surface area (Å²) in [6, 6.07) is 14.0. The minimum Gasteiger partial charge on any atom is -0.495 e. The van der Waals surface area contributed by atoms with Crippen molar-refractivity contribution in [3.63, 3.8) is 0 Å². The Morgan fingerprint density at radius 1 is 1.12 bits per heavy atom. The van der Waals surface area contributed by atoms with E-state index in [4.69, 9.17) is 13.9 Å². The number of halogens is 1. The average Bonchev–Trinajstić information content (AvgIpc) is 3.32. The van der Waals surface area contributed by atoms with Crippen LogP contribution in [0, 0.1) is 5.82 Å². The minimum atomic E-state index is -3.73. The van der Waals surface area contributed by atoms with Gasteiger partial charge in [0.1, 0.15) is 23.1 Å². The Bertz CT molecular complexity index is 1270. The Morgan fingerprint density at radius 2 is 1.88 bits per heavy atom. The summed E-state index contributed by atoms with van der Waals surface area (Å²) in [7, 11) is -2.29. The molecule has 0 radical (unpaired) electrons. The first-order valence-electron chi connectivity index (χ1n) is 10.8. The summed E-state index contributed by atoms with van der Waals surface area (Å²) >= 11 is 0. The van der Waals surface area contributed by atoms with Crippen LogP contribution in [0.3, 0.4) is 0 Å². The molecule has 1 amide bonds. The molecular formula is C24H25FN2O6S. The molecule has 180 valence electrons. The van der Waals surface area contributed by atoms with Gasteiger partial charge in [0.15, 0.2) is 0 Å². The van der Waals surface area contributed by atoms with E-state index in [9.17, 15) is 17.6 Å². The quantitative estimate of drug-likeness (QED) is 0.519. The van der Waals surface area contributed by atoms with Crippen molar-refractivity contribution in [2.45, 2.75) is 17.7 Å². The second-order valence-corrected chi connectivity index (χ2v) is 9.61. The number of carbonyl (C=O) groups excluding carboxylic acids is 1. The maximum atomic E-state index is 14.0. The van der Waals surface area contributed by atoms with E-state index in [-0.39, 0.29) is 48.2 Å². The number of anilines is 1. The number of amides is 1. The lowest BCUT2D eigenvalue weighted by atomic mass is 10.1. The summed E-state index contributed by atoms with van der Waals surface area (Å²) in [6.45, 7) is 1.22. The molecule has 0 bridgehead atoms. The van der Waals surface area contributed by atoms with Gasteiger partial charge in [-0.1, -0.05) is 12.1 Å². The van der Waals surface area contributed by atoms with Crippen LogP contribution >= 0.6 is 0 Å². The highest BCUT2D eigenvalue weighted by atomic mass is 32.2. The van der Waals surface area contributed by atoms with Crippen LogP contribution in [0.25, 0.3) is 11.3 Å². The Balaban J connectivity index is 1.43. The molecule has 2 aromatic carbocycles. The number of sulfonamides is 1. The van der Waals surface area contributed by atoms with Crippen molar-refractivity contribution < 1.29 is 31.5 Å². The maximum Gasteiger partial charge on any atom is 0.243 e. The van der Waals surface area contributed by atoms with Crippen molar-refractivity contribution in [1.29, 1.82) is 0 Å². The molecule has 8 nitrogen and oxygen atoms in total. The molecule has 4 rings (SSSR count). The fourth-order valence-corrected chi connectivity index (χ4v) is 5.08. The van der Waals surface area contributed by atoms with E-state index in [0.29, 0.717) is 36.0 Å². The number of rotatable bonds is 8. The zero-order valence-corrected chi connectivity index (χ0v) is 19.4. The van der Waals surface area contributed by atoms with E-state index in [1.54, 1.807) is 30.3 Å². The molecule has 1 fully saturated rings. The minimum absolute atomic E-state index is 0.0612. The molecule has 1 N–H and O–H groups in total. The molecule has 0 atom stereocenters. The number of aryl methyl sites for hydroxylation is 1. The Kier molecular flexibility index (Phi) is 7.30. The molecule has 3 aromatic rings. The second kappa shape index (κ2) is 10.4. The standard InChI is InChI=1S/C24H25FN2O6S/c1-31-23-10-8-18(34(29,30)27-12-14-32-15-13-27)16-21(23)26-24(28)11-7-17-6-9-22(33-17)19-4-2-3-5-20(19)25/h2-6,8-10,16H,7,11-15H2,1H3,(H,26,28). The topological polar surface area (TPSA) is 98.1 Å². The van der Waals surface area contributed by atoms with Crippen LogP contribution in [0.2, 0.25) is 0 Å². The first kappa shape index (κ1) is 23.9. The van der Waals surface area contributed by atoms with Crippen molar-refractivity contribution in [1.82, 2.24) is 4.31 Å². The molecule has 0 spiro atoms. The number of furan rings is 1. The van der Waals surface area contributed by atoms with Crippen LogP contribution in [0.15, 0.2) is 63.9 Å². The first-order valence-corrected chi connectivity index (χ1v) is 12.2. The second-order valence-electron chi connectivity index (χ2n) is 7.67. The Hall–Kier alpha value is -3.21. The molecule has 34 heavy (non-hydrogen) atoms. The molecule has 2 heterocycles. The first-order chi connectivity index (χ1) is 16.4. The molecular weight excluding hydrogens is 463 g/mol. The molecule has 1 aliphatic heterocycles. The van der Waals surface area contributed by atoms with E-state index in [2.05, 4.69) is 5.32 Å². The van der Waals surface area contributed by atoms with Gasteiger partial charge in [0, 0.05) is 25.9 Å². The zero-order valence-electron chi connectivity index (χ0n) is 18.6. The van der Waals surface area contributed by atoms with Gasteiger partial charge in [0.25, 0.3) is 0 Å². The molecule has 10 heteroatoms. The van der Waals surface area contributed by atoms with Gasteiger partial charge in [0.05, 0.1) is 36.5 Å². The average molecular weight is 489 g/mol. The largest absolute Gasteiger partial charge is 0.495 e. The predicted molar refractivity (Wildman–Crippen MR) is 124 cm³/mol. The highest BCUT2D eigenvalue weighted by Gasteiger charge is 2.27. The number of hydrogen-bond acceptors (Lipinski definition) is 6. The van der Waals surface area contributed by atoms with Crippen LogP contribution < -0.4 is 10.1 Å². The van der Waals surface area contributed by atoms with E-state index < -0.39 is 10.0 Å². The van der Waals surface area contributed by atoms with Gasteiger partial charge in [-0.3, -0.25) is 4.79 Å². The summed E-state index contributed by atoms with van der Waals surface area (Å²) in [5, 5.41) is 2.72. The molecule has 0 saturated carbocycles. The van der Waals surface area contributed by atoms with Crippen molar-refractivity contribution >= 4 is 21.6 Å². The number of morpholine rings is 1. The summed E-state index contributed by atoms with van der Waals surface area (Å²) in [6.07, 6.45) is 0.363. The summed E-state index contributed by atoms with van der Waals surface area (Å²) in [4.78, 5) is 12.7. The van der Waals surface area contributed by atoms with Gasteiger partial charge >= 0.3 is 0 Å². The normalized spacial score (nSPS) is 14.6. The Morgan fingerprint density at radius 3 is 2.62 bits per heavy atom. The molecule has 1 aromatic heterocycles. The van der Waals surface area contributed by atoms with Crippen LogP contribution in [0.5, 0.6) is 5.75 Å². The van der Waals surface area contributed by atoms with E-state index >= 15 is 0 Å². The van der Waals surface area contributed by atoms with Crippen molar-refractivity contribution in [2.75, 3.05) is 38.7 Å². The summed E-state index contributed by atoms with van der Waals surface area (Å²) in [5.41, 5.74) is 0.606. The van der Waals surface area contributed by atoms with Gasteiger partial charge in [-0.05, 0) is 42.5 Å². The number of nitrogens with one attached hydrogen (secondary N) is 1. The predicted octanol–water partition coefficient (Wildman–Crippen LogP) is 3.69. The number of hydrogen-bond donors (Lipinski definition) is 1. The lowest BCUT2D eigenvalue weighted by molar-refractivity contribution is -0.116. The Labute approximate surface area is 197 Å². The fraction of sp³-hybridized carbons (Fsp3) is 0.292. The zero-order chi connectivity index (χ0) is 24.1. The lowest BCUT2D eigenvalue weighted by Crippen LogP contribution is -2.40. The van der Waals surface area contributed by atoms with E-state index in [1.807, 2.05) is 0 Å². The highest BCUT2D eigenvalue weighted by Crippen LogP contribution is 2.30. The smallest absolute Gasteiger partial charge is 0.243 e. The molecule has 1 aliphatic rings. The van der Waals surface area contributed by atoms with Gasteiger partial charge in [-0.25, -0.2) is 12.8 Å². The van der Waals surface area contributed by atoms with Crippen LogP contribution in [0.1, 0.15) is 12.2 Å². The van der Waals surface area contributed by atoms with Gasteiger partial charge in [0.2, 0.25) is 15.9 Å². The third kappa shape index (κ3) is 5.30. The number of methoxy groups -OCH3 is 1. The third-order valence-corrected chi connectivity index (χ3v) is 7.35. The molecule has 0 aliphatic carbocycles. The highest BCUT2D eigenvalue weighted by molar-refractivity contribution is 7.89. The number of ether oxygens (including phenoxy) is 2. The van der Waals surface area contributed by atoms with Gasteiger partial charge < -0.3 is 19.2 Å². The lowest BCUT2D eigenvalue weighted by Gasteiger charge is -2.26. The van der Waals surface area contributed by atoms with Crippen LogP contribution in [0.4, 0.5) is 10.1 Å². The maximum absolute atomic E-state index is 14.0. The monoisotopic (exact) mass is 488 g/mol. The van der Waals surface area contributed by atoms with E-state index in [0.717, 1.165) is 0 Å². The van der Waals surface area contributed by atoms with Gasteiger partial charge in [-0.2, -0.15) is 4.31 Å². The van der Waals surface area contributed by atoms with Crippen molar-refractivity contribution in [3.05, 3.63) is 66.2 Å². The third-order valence-electron chi connectivity index (χ3n) is 5.45. The number of carbonyl (C=O) groups is 1. The number of benzene rings is 2. The van der Waals surface area contributed by atoms with Crippen molar-refractivity contribution in [2.24, 2.45) is 0 Å². The SMILES string of the molecule is COc1ccc(S(=O)(=O)N2CCOCC2)cc1NC(=O)CCc1ccc(-c2ccccc2F)o1. The summed E-state index contributed by atoms with van der Waals surface area (Å²) < 4.78 is 57.4.